The SMILES string of the molecule is CN1C2CCC1CC(c1noc(C3(N)CCOC3)n1)C2. The van der Waals surface area contributed by atoms with Gasteiger partial charge in [0.05, 0.1) is 6.61 Å². The van der Waals surface area contributed by atoms with E-state index in [-0.39, 0.29) is 0 Å². The molecule has 3 saturated heterocycles. The lowest BCUT2D eigenvalue weighted by molar-refractivity contribution is 0.157. The average Bonchev–Trinajstić information content (AvgIpc) is 3.11. The van der Waals surface area contributed by atoms with Crippen molar-refractivity contribution in [2.75, 3.05) is 20.3 Å². The van der Waals surface area contributed by atoms with E-state index in [1.54, 1.807) is 0 Å². The summed E-state index contributed by atoms with van der Waals surface area (Å²) in [4.78, 5) is 7.13. The van der Waals surface area contributed by atoms with Crippen LogP contribution in [0.2, 0.25) is 0 Å². The second-order valence-corrected chi connectivity index (χ2v) is 6.64. The van der Waals surface area contributed by atoms with Crippen LogP contribution in [0.3, 0.4) is 0 Å². The molecule has 0 aliphatic carbocycles. The maximum absolute atomic E-state index is 6.28. The fourth-order valence-corrected chi connectivity index (χ4v) is 3.97. The van der Waals surface area contributed by atoms with Gasteiger partial charge in [-0.3, -0.25) is 0 Å². The Hall–Kier alpha value is -0.980. The van der Waals surface area contributed by atoms with Crippen molar-refractivity contribution in [2.45, 2.75) is 55.6 Å². The molecule has 4 heterocycles. The van der Waals surface area contributed by atoms with Gasteiger partial charge in [-0.15, -0.1) is 0 Å². The van der Waals surface area contributed by atoms with Crippen LogP contribution in [0, 0.1) is 0 Å². The molecule has 0 radical (unpaired) electrons. The van der Waals surface area contributed by atoms with E-state index in [2.05, 4.69) is 22.1 Å². The van der Waals surface area contributed by atoms with Gasteiger partial charge in [0.25, 0.3) is 0 Å². The van der Waals surface area contributed by atoms with Crippen LogP contribution in [0.25, 0.3) is 0 Å². The van der Waals surface area contributed by atoms with Crippen molar-refractivity contribution >= 4 is 0 Å². The minimum absolute atomic E-state index is 0.423. The van der Waals surface area contributed by atoms with Crippen LogP contribution < -0.4 is 5.73 Å². The third-order valence-electron chi connectivity index (χ3n) is 5.38. The van der Waals surface area contributed by atoms with Crippen molar-refractivity contribution in [3.8, 4) is 0 Å². The Morgan fingerprint density at radius 3 is 2.70 bits per heavy atom. The number of aromatic nitrogens is 2. The summed E-state index contributed by atoms with van der Waals surface area (Å²) in [7, 11) is 2.24. The lowest BCUT2D eigenvalue weighted by Gasteiger charge is -2.34. The molecule has 0 saturated carbocycles. The molecular weight excluding hydrogens is 256 g/mol. The summed E-state index contributed by atoms with van der Waals surface area (Å²) in [5, 5.41) is 4.21. The van der Waals surface area contributed by atoms with E-state index in [1.807, 2.05) is 0 Å². The second kappa shape index (κ2) is 4.51. The first-order valence-electron chi connectivity index (χ1n) is 7.58. The Morgan fingerprint density at radius 2 is 2.05 bits per heavy atom. The largest absolute Gasteiger partial charge is 0.379 e. The van der Waals surface area contributed by atoms with E-state index in [4.69, 9.17) is 15.0 Å². The van der Waals surface area contributed by atoms with Crippen molar-refractivity contribution in [1.29, 1.82) is 0 Å². The summed E-state index contributed by atoms with van der Waals surface area (Å²) in [6.45, 7) is 1.15. The van der Waals surface area contributed by atoms with Crippen molar-refractivity contribution in [1.82, 2.24) is 15.0 Å². The number of rotatable bonds is 2. The zero-order chi connectivity index (χ0) is 13.7. The molecule has 2 bridgehead atoms. The highest BCUT2D eigenvalue weighted by atomic mass is 16.5. The lowest BCUT2D eigenvalue weighted by atomic mass is 9.90. The first kappa shape index (κ1) is 12.7. The third kappa shape index (κ3) is 1.89. The van der Waals surface area contributed by atoms with Crippen molar-refractivity contribution in [3.05, 3.63) is 11.7 Å². The van der Waals surface area contributed by atoms with Crippen molar-refractivity contribution in [3.63, 3.8) is 0 Å². The average molecular weight is 278 g/mol. The number of ether oxygens (including phenoxy) is 1. The predicted octanol–water partition coefficient (Wildman–Crippen LogP) is 0.984. The lowest BCUT2D eigenvalue weighted by Crippen LogP contribution is -2.39. The van der Waals surface area contributed by atoms with Gasteiger partial charge < -0.3 is 19.9 Å². The van der Waals surface area contributed by atoms with Gasteiger partial charge in [-0.25, -0.2) is 0 Å². The molecule has 2 N–H and O–H groups in total. The summed E-state index contributed by atoms with van der Waals surface area (Å²) in [5.74, 6) is 1.82. The summed E-state index contributed by atoms with van der Waals surface area (Å²) in [6.07, 6.45) is 5.64. The maximum Gasteiger partial charge on any atom is 0.249 e. The van der Waals surface area contributed by atoms with Gasteiger partial charge in [-0.05, 0) is 39.2 Å². The fourth-order valence-electron chi connectivity index (χ4n) is 3.97. The van der Waals surface area contributed by atoms with Crippen LogP contribution >= 0.6 is 0 Å². The molecule has 0 amide bonds. The highest BCUT2D eigenvalue weighted by Crippen LogP contribution is 2.41. The van der Waals surface area contributed by atoms with Crippen LogP contribution in [0.5, 0.6) is 0 Å². The molecule has 6 nitrogen and oxygen atoms in total. The van der Waals surface area contributed by atoms with E-state index < -0.39 is 5.54 Å². The van der Waals surface area contributed by atoms with E-state index in [0.29, 0.717) is 37.1 Å². The van der Waals surface area contributed by atoms with Gasteiger partial charge >= 0.3 is 0 Å². The molecule has 110 valence electrons. The zero-order valence-electron chi connectivity index (χ0n) is 11.9. The van der Waals surface area contributed by atoms with Gasteiger partial charge in [0.1, 0.15) is 5.54 Å². The van der Waals surface area contributed by atoms with Gasteiger partial charge in [0, 0.05) is 24.6 Å². The summed E-state index contributed by atoms with van der Waals surface area (Å²) >= 11 is 0. The number of nitrogens with zero attached hydrogens (tertiary/aromatic N) is 3. The van der Waals surface area contributed by atoms with Gasteiger partial charge in [-0.1, -0.05) is 5.16 Å². The molecule has 1 aromatic rings. The molecule has 3 unspecified atom stereocenters. The highest BCUT2D eigenvalue weighted by molar-refractivity contribution is 5.09. The topological polar surface area (TPSA) is 77.4 Å². The first-order valence-corrected chi connectivity index (χ1v) is 7.58. The van der Waals surface area contributed by atoms with E-state index in [9.17, 15) is 0 Å². The second-order valence-electron chi connectivity index (χ2n) is 6.64. The Labute approximate surface area is 118 Å². The van der Waals surface area contributed by atoms with Crippen LogP contribution in [0.15, 0.2) is 4.52 Å². The minimum atomic E-state index is -0.574. The Kier molecular flexibility index (Phi) is 2.87. The van der Waals surface area contributed by atoms with Crippen LogP contribution in [-0.2, 0) is 10.3 Å². The Morgan fingerprint density at radius 1 is 1.30 bits per heavy atom. The van der Waals surface area contributed by atoms with Gasteiger partial charge in [0.2, 0.25) is 5.89 Å². The van der Waals surface area contributed by atoms with E-state index in [0.717, 1.165) is 25.1 Å². The number of nitrogens with two attached hydrogens (primary N) is 1. The smallest absolute Gasteiger partial charge is 0.249 e. The summed E-state index contributed by atoms with van der Waals surface area (Å²) in [5.41, 5.74) is 5.71. The quantitative estimate of drug-likeness (QED) is 0.869. The first-order chi connectivity index (χ1) is 9.66. The van der Waals surface area contributed by atoms with E-state index in [1.165, 1.54) is 12.8 Å². The molecule has 3 fully saturated rings. The molecule has 1 aromatic heterocycles. The Bertz CT molecular complexity index is 483. The zero-order valence-corrected chi connectivity index (χ0v) is 11.9. The molecule has 0 aromatic carbocycles. The molecule has 3 aliphatic heterocycles. The van der Waals surface area contributed by atoms with Gasteiger partial charge in [-0.2, -0.15) is 4.98 Å². The van der Waals surface area contributed by atoms with Gasteiger partial charge in [0.15, 0.2) is 5.82 Å². The number of fused-ring (bicyclic) bond motifs is 2. The monoisotopic (exact) mass is 278 g/mol. The Balaban J connectivity index is 1.54. The van der Waals surface area contributed by atoms with Crippen molar-refractivity contribution < 1.29 is 9.26 Å². The highest BCUT2D eigenvalue weighted by Gasteiger charge is 2.42. The number of piperidine rings is 1. The van der Waals surface area contributed by atoms with Crippen LogP contribution in [-0.4, -0.2) is 47.4 Å². The van der Waals surface area contributed by atoms with Crippen molar-refractivity contribution in [2.24, 2.45) is 5.73 Å². The number of hydrogen-bond donors (Lipinski definition) is 1. The third-order valence-corrected chi connectivity index (χ3v) is 5.38. The minimum Gasteiger partial charge on any atom is -0.379 e. The van der Waals surface area contributed by atoms with E-state index >= 15 is 0 Å². The summed E-state index contributed by atoms with van der Waals surface area (Å²) in [6, 6.07) is 1.37. The molecule has 6 heteroatoms. The maximum atomic E-state index is 6.28. The summed E-state index contributed by atoms with van der Waals surface area (Å²) < 4.78 is 10.8. The normalized spacial score (nSPS) is 41.4. The van der Waals surface area contributed by atoms with Crippen LogP contribution in [0.1, 0.15) is 49.7 Å². The number of hydrogen-bond acceptors (Lipinski definition) is 6. The molecule has 0 spiro atoms. The fraction of sp³-hybridized carbons (Fsp3) is 0.857. The standard InChI is InChI=1S/C14H22N4O2/c1-18-10-2-3-11(18)7-9(6-10)12-16-13(20-17-12)14(15)4-5-19-8-14/h9-11H,2-8,15H2,1H3. The molecule has 3 atom stereocenters. The molecule has 20 heavy (non-hydrogen) atoms. The molecule has 4 rings (SSSR count). The predicted molar refractivity (Wildman–Crippen MR) is 72.1 cm³/mol. The molecular formula is C14H22N4O2. The molecule has 3 aliphatic rings. The van der Waals surface area contributed by atoms with Crippen LogP contribution in [0.4, 0.5) is 0 Å².